The molecule has 1 saturated carbocycles. The molecule has 0 spiro atoms. The predicted octanol–water partition coefficient (Wildman–Crippen LogP) is 8.23. The van der Waals surface area contributed by atoms with Gasteiger partial charge in [-0.05, 0) is 80.8 Å². The fourth-order valence-corrected chi connectivity index (χ4v) is 6.44. The van der Waals surface area contributed by atoms with Gasteiger partial charge in [-0.15, -0.1) is 11.3 Å². The van der Waals surface area contributed by atoms with Crippen molar-refractivity contribution in [1.82, 2.24) is 9.80 Å². The molecule has 2 aromatic rings. The van der Waals surface area contributed by atoms with Crippen LogP contribution in [0.3, 0.4) is 0 Å². The van der Waals surface area contributed by atoms with Crippen LogP contribution in [0.4, 0.5) is 4.39 Å². The van der Waals surface area contributed by atoms with Gasteiger partial charge in [0.1, 0.15) is 10.7 Å². The highest BCUT2D eigenvalue weighted by atomic mass is 35.5. The Hall–Kier alpha value is -1.43. The van der Waals surface area contributed by atoms with Crippen LogP contribution in [0.25, 0.3) is 10.4 Å². The van der Waals surface area contributed by atoms with Crippen LogP contribution in [-0.4, -0.2) is 47.9 Å². The second-order valence-corrected chi connectivity index (χ2v) is 10.4. The van der Waals surface area contributed by atoms with E-state index in [1.165, 1.54) is 30.6 Å². The van der Waals surface area contributed by atoms with Gasteiger partial charge in [-0.2, -0.15) is 0 Å². The molecule has 0 N–H and O–H groups in total. The highest BCUT2D eigenvalue weighted by Gasteiger charge is 2.30. The molecule has 0 atom stereocenters. The zero-order valence-corrected chi connectivity index (χ0v) is 22.8. The molecule has 2 saturated heterocycles. The number of likely N-dealkylation sites (tertiary alicyclic amines) is 2. The number of thiophene rings is 1. The smallest absolute Gasteiger partial charge is 0.265 e. The average Bonchev–Trinajstić information content (AvgIpc) is 3.51. The summed E-state index contributed by atoms with van der Waals surface area (Å²) < 4.78 is 15.0. The minimum Gasteiger partial charge on any atom is -0.338 e. The van der Waals surface area contributed by atoms with Gasteiger partial charge >= 0.3 is 0 Å². The summed E-state index contributed by atoms with van der Waals surface area (Å²) in [5.74, 6) is 0.171. The van der Waals surface area contributed by atoms with E-state index in [2.05, 4.69) is 4.90 Å². The van der Waals surface area contributed by atoms with E-state index in [1.807, 2.05) is 44.7 Å². The summed E-state index contributed by atoms with van der Waals surface area (Å²) in [4.78, 5) is 18.6. The lowest BCUT2D eigenvalue weighted by Gasteiger charge is -2.42. The van der Waals surface area contributed by atoms with E-state index in [1.54, 1.807) is 12.1 Å². The number of rotatable bonds is 4. The molecule has 188 valence electrons. The van der Waals surface area contributed by atoms with Crippen molar-refractivity contribution in [3.8, 4) is 10.4 Å². The number of amides is 1. The van der Waals surface area contributed by atoms with E-state index < -0.39 is 0 Å². The standard InChI is InChI=1S/C24H28ClFN2OS.2C2H6/c25-20-15-22(30-23(20)24(29)28-10-1-2-11-28)17-6-7-19(21(26)14-17)16-8-12-27(13-9-16)18-4-3-5-18;2*1-2/h6-7,14-16,18H,1-5,8-13H2;2*1-2H3. The Kier molecular flexibility index (Phi) is 10.4. The molecule has 0 unspecified atom stereocenters. The van der Waals surface area contributed by atoms with Gasteiger partial charge in [0.15, 0.2) is 0 Å². The second-order valence-electron chi connectivity index (χ2n) is 8.92. The third-order valence-corrected chi connectivity index (χ3v) is 8.70. The Morgan fingerprint density at radius 1 is 0.941 bits per heavy atom. The Bertz CT molecular complexity index is 928. The molecule has 1 aromatic carbocycles. The topological polar surface area (TPSA) is 23.6 Å². The van der Waals surface area contributed by atoms with Gasteiger partial charge in [-0.25, -0.2) is 4.39 Å². The lowest BCUT2D eigenvalue weighted by atomic mass is 9.85. The van der Waals surface area contributed by atoms with Crippen molar-refractivity contribution in [2.75, 3.05) is 26.2 Å². The Morgan fingerprint density at radius 3 is 2.15 bits per heavy atom. The van der Waals surface area contributed by atoms with Crippen LogP contribution in [0.15, 0.2) is 24.3 Å². The molecule has 1 amide bonds. The minimum atomic E-state index is -0.133. The molecular weight excluding hydrogens is 467 g/mol. The quantitative estimate of drug-likeness (QED) is 0.417. The number of nitrogens with zero attached hydrogens (tertiary/aromatic N) is 2. The van der Waals surface area contributed by atoms with Crippen molar-refractivity contribution in [3.63, 3.8) is 0 Å². The van der Waals surface area contributed by atoms with Crippen molar-refractivity contribution in [2.24, 2.45) is 0 Å². The fourth-order valence-electron chi connectivity index (χ4n) is 5.06. The van der Waals surface area contributed by atoms with Crippen LogP contribution in [0.2, 0.25) is 5.02 Å². The molecule has 34 heavy (non-hydrogen) atoms. The maximum absolute atomic E-state index is 15.0. The number of hydrogen-bond acceptors (Lipinski definition) is 3. The molecule has 1 aliphatic carbocycles. The molecule has 3 nitrogen and oxygen atoms in total. The van der Waals surface area contributed by atoms with Crippen molar-refractivity contribution < 1.29 is 9.18 Å². The molecule has 0 bridgehead atoms. The highest BCUT2D eigenvalue weighted by Crippen LogP contribution is 2.39. The minimum absolute atomic E-state index is 0.00376. The summed E-state index contributed by atoms with van der Waals surface area (Å²) in [5.41, 5.74) is 1.64. The first-order chi connectivity index (χ1) is 16.6. The first-order valence-electron chi connectivity index (χ1n) is 13.2. The largest absolute Gasteiger partial charge is 0.338 e. The van der Waals surface area contributed by atoms with Gasteiger partial charge in [0.05, 0.1) is 5.02 Å². The van der Waals surface area contributed by atoms with E-state index in [4.69, 9.17) is 11.6 Å². The van der Waals surface area contributed by atoms with E-state index in [0.717, 1.165) is 73.9 Å². The monoisotopic (exact) mass is 506 g/mol. The zero-order valence-electron chi connectivity index (χ0n) is 21.2. The van der Waals surface area contributed by atoms with Crippen molar-refractivity contribution in [3.05, 3.63) is 45.5 Å². The van der Waals surface area contributed by atoms with Gasteiger partial charge < -0.3 is 9.80 Å². The molecule has 3 heterocycles. The van der Waals surface area contributed by atoms with Gasteiger partial charge in [0, 0.05) is 24.0 Å². The van der Waals surface area contributed by atoms with Crippen LogP contribution in [0.1, 0.15) is 93.8 Å². The summed E-state index contributed by atoms with van der Waals surface area (Å²) in [6.45, 7) is 11.8. The SMILES string of the molecule is CC.CC.O=C(c1sc(-c2ccc(C3CCN(C4CCC4)CC3)c(F)c2)cc1Cl)N1CCCC1. The second kappa shape index (κ2) is 13.0. The van der Waals surface area contributed by atoms with E-state index in [9.17, 15) is 4.79 Å². The van der Waals surface area contributed by atoms with Crippen LogP contribution < -0.4 is 0 Å². The maximum Gasteiger partial charge on any atom is 0.265 e. The fraction of sp³-hybridized carbons (Fsp3) is 0.607. The number of halogens is 2. The molecule has 1 aromatic heterocycles. The van der Waals surface area contributed by atoms with Gasteiger partial charge in [-0.3, -0.25) is 4.79 Å². The molecule has 5 rings (SSSR count). The van der Waals surface area contributed by atoms with Crippen LogP contribution in [-0.2, 0) is 0 Å². The van der Waals surface area contributed by atoms with Crippen LogP contribution in [0.5, 0.6) is 0 Å². The zero-order chi connectivity index (χ0) is 24.7. The molecule has 3 fully saturated rings. The van der Waals surface area contributed by atoms with Crippen molar-refractivity contribution in [2.45, 2.75) is 84.6 Å². The molecule has 2 aliphatic heterocycles. The summed E-state index contributed by atoms with van der Waals surface area (Å²) in [6, 6.07) is 8.15. The first-order valence-corrected chi connectivity index (χ1v) is 14.4. The normalized spacial score (nSPS) is 19.1. The number of carbonyl (C=O) groups is 1. The van der Waals surface area contributed by atoms with Crippen molar-refractivity contribution in [1.29, 1.82) is 0 Å². The summed E-state index contributed by atoms with van der Waals surface area (Å²) >= 11 is 7.75. The molecule has 6 heteroatoms. The predicted molar refractivity (Wildman–Crippen MR) is 144 cm³/mol. The van der Waals surface area contributed by atoms with E-state index in [0.29, 0.717) is 15.8 Å². The van der Waals surface area contributed by atoms with Crippen LogP contribution >= 0.6 is 22.9 Å². The molecule has 3 aliphatic rings. The Morgan fingerprint density at radius 2 is 1.59 bits per heavy atom. The van der Waals surface area contributed by atoms with Crippen molar-refractivity contribution >= 4 is 28.8 Å². The first kappa shape index (κ1) is 27.2. The third kappa shape index (κ3) is 6.03. The Labute approximate surface area is 214 Å². The number of hydrogen-bond donors (Lipinski definition) is 0. The lowest BCUT2D eigenvalue weighted by Crippen LogP contribution is -2.44. The molecule has 0 radical (unpaired) electrons. The number of piperidine rings is 1. The van der Waals surface area contributed by atoms with Gasteiger partial charge in [-0.1, -0.05) is 57.8 Å². The summed E-state index contributed by atoms with van der Waals surface area (Å²) in [6.07, 6.45) is 8.19. The lowest BCUT2D eigenvalue weighted by molar-refractivity contribution is 0.0797. The summed E-state index contributed by atoms with van der Waals surface area (Å²) in [5, 5.41) is 0.472. The van der Waals surface area contributed by atoms with E-state index >= 15 is 4.39 Å². The summed E-state index contributed by atoms with van der Waals surface area (Å²) in [7, 11) is 0. The van der Waals surface area contributed by atoms with Crippen LogP contribution in [0, 0.1) is 5.82 Å². The maximum atomic E-state index is 15.0. The number of carbonyl (C=O) groups excluding carboxylic acids is 1. The Balaban J connectivity index is 0.000000771. The average molecular weight is 507 g/mol. The number of benzene rings is 1. The highest BCUT2D eigenvalue weighted by molar-refractivity contribution is 7.18. The van der Waals surface area contributed by atoms with Gasteiger partial charge in [0.2, 0.25) is 0 Å². The van der Waals surface area contributed by atoms with Gasteiger partial charge in [0.25, 0.3) is 5.91 Å². The third-order valence-electron chi connectivity index (χ3n) is 7.12. The van der Waals surface area contributed by atoms with E-state index in [-0.39, 0.29) is 11.7 Å². The molecular formula is C28H40ClFN2OS.